The van der Waals surface area contributed by atoms with Crippen molar-refractivity contribution in [1.29, 1.82) is 0 Å². The topological polar surface area (TPSA) is 96.0 Å². The van der Waals surface area contributed by atoms with E-state index in [1.165, 1.54) is 22.7 Å². The first kappa shape index (κ1) is 22.3. The van der Waals surface area contributed by atoms with E-state index >= 15 is 0 Å². The number of hydrogen-bond acceptors (Lipinski definition) is 5. The number of carbonyl (C=O) groups excluding carboxylic acids is 2. The van der Waals surface area contributed by atoms with Crippen LogP contribution in [-0.2, 0) is 19.7 Å². The summed E-state index contributed by atoms with van der Waals surface area (Å²) in [6.45, 7) is 3.06. The van der Waals surface area contributed by atoms with Crippen molar-refractivity contribution in [1.82, 2.24) is 8.61 Å². The van der Waals surface area contributed by atoms with Gasteiger partial charge in [0.2, 0.25) is 5.91 Å². The SMILES string of the molecule is CCCCOC(=O)c1ccc(NC(=O)C2CCN(S(=O)(=O)N(C)C)CC2)cc1. The number of nitrogens with zero attached hydrogens (tertiary/aromatic N) is 2. The maximum atomic E-state index is 12.5. The van der Waals surface area contributed by atoms with Crippen molar-refractivity contribution in [2.75, 3.05) is 39.1 Å². The van der Waals surface area contributed by atoms with E-state index in [0.29, 0.717) is 43.8 Å². The molecule has 0 aromatic heterocycles. The molecule has 0 spiro atoms. The summed E-state index contributed by atoms with van der Waals surface area (Å²) in [5.74, 6) is -0.756. The summed E-state index contributed by atoms with van der Waals surface area (Å²) in [5.41, 5.74) is 1.04. The molecule has 0 aliphatic carbocycles. The Morgan fingerprint density at radius 1 is 1.18 bits per heavy atom. The fraction of sp³-hybridized carbons (Fsp3) is 0.579. The van der Waals surface area contributed by atoms with Gasteiger partial charge in [-0.1, -0.05) is 13.3 Å². The summed E-state index contributed by atoms with van der Waals surface area (Å²) >= 11 is 0. The van der Waals surface area contributed by atoms with Crippen molar-refractivity contribution in [3.05, 3.63) is 29.8 Å². The van der Waals surface area contributed by atoms with Gasteiger partial charge in [-0.15, -0.1) is 0 Å². The second kappa shape index (κ2) is 9.99. The third kappa shape index (κ3) is 5.76. The average Bonchev–Trinajstić information content (AvgIpc) is 2.68. The van der Waals surface area contributed by atoms with E-state index in [0.717, 1.165) is 12.8 Å². The fourth-order valence-electron chi connectivity index (χ4n) is 2.91. The minimum Gasteiger partial charge on any atom is -0.462 e. The Kier molecular flexibility index (Phi) is 7.97. The molecule has 1 fully saturated rings. The number of hydrogen-bond donors (Lipinski definition) is 1. The number of amides is 1. The molecule has 1 aliphatic heterocycles. The molecule has 156 valence electrons. The molecule has 1 saturated heterocycles. The summed E-state index contributed by atoms with van der Waals surface area (Å²) in [5, 5.41) is 2.84. The molecule has 1 aliphatic rings. The van der Waals surface area contributed by atoms with E-state index in [2.05, 4.69) is 5.32 Å². The first-order valence-corrected chi connectivity index (χ1v) is 10.9. The van der Waals surface area contributed by atoms with Gasteiger partial charge in [0.1, 0.15) is 0 Å². The lowest BCUT2D eigenvalue weighted by molar-refractivity contribution is -0.120. The van der Waals surface area contributed by atoms with E-state index in [1.807, 2.05) is 6.92 Å². The van der Waals surface area contributed by atoms with Gasteiger partial charge in [0.25, 0.3) is 10.2 Å². The summed E-state index contributed by atoms with van der Waals surface area (Å²) in [7, 11) is -0.444. The highest BCUT2D eigenvalue weighted by atomic mass is 32.2. The van der Waals surface area contributed by atoms with Gasteiger partial charge in [-0.2, -0.15) is 17.0 Å². The van der Waals surface area contributed by atoms with Crippen molar-refractivity contribution in [2.45, 2.75) is 32.6 Å². The van der Waals surface area contributed by atoms with Crippen LogP contribution in [0, 0.1) is 5.92 Å². The average molecular weight is 412 g/mol. The zero-order valence-electron chi connectivity index (χ0n) is 16.7. The Morgan fingerprint density at radius 2 is 1.79 bits per heavy atom. The Bertz CT molecular complexity index is 769. The monoisotopic (exact) mass is 411 g/mol. The number of anilines is 1. The first-order valence-electron chi connectivity index (χ1n) is 9.51. The van der Waals surface area contributed by atoms with Crippen LogP contribution in [0.25, 0.3) is 0 Å². The Labute approximate surface area is 167 Å². The lowest BCUT2D eigenvalue weighted by Crippen LogP contribution is -2.46. The van der Waals surface area contributed by atoms with Crippen LogP contribution in [0.1, 0.15) is 43.0 Å². The quantitative estimate of drug-likeness (QED) is 0.522. The van der Waals surface area contributed by atoms with Crippen LogP contribution in [0.5, 0.6) is 0 Å². The van der Waals surface area contributed by atoms with Crippen LogP contribution in [0.4, 0.5) is 5.69 Å². The molecule has 1 N–H and O–H groups in total. The largest absolute Gasteiger partial charge is 0.462 e. The minimum absolute atomic E-state index is 0.139. The zero-order valence-corrected chi connectivity index (χ0v) is 17.5. The molecule has 1 aromatic carbocycles. The number of carbonyl (C=O) groups is 2. The Balaban J connectivity index is 1.86. The maximum absolute atomic E-state index is 12.5. The third-order valence-corrected chi connectivity index (χ3v) is 6.67. The molecule has 2 rings (SSSR count). The highest BCUT2D eigenvalue weighted by Gasteiger charge is 2.32. The number of unbranched alkanes of at least 4 members (excludes halogenated alkanes) is 1. The lowest BCUT2D eigenvalue weighted by Gasteiger charge is -2.32. The van der Waals surface area contributed by atoms with Crippen molar-refractivity contribution in [3.63, 3.8) is 0 Å². The highest BCUT2D eigenvalue weighted by Crippen LogP contribution is 2.22. The molecule has 8 nitrogen and oxygen atoms in total. The van der Waals surface area contributed by atoms with Crippen LogP contribution in [-0.4, -0.2) is 62.7 Å². The maximum Gasteiger partial charge on any atom is 0.338 e. The molecule has 0 unspecified atom stereocenters. The number of benzene rings is 1. The summed E-state index contributed by atoms with van der Waals surface area (Å²) in [6.07, 6.45) is 2.73. The van der Waals surface area contributed by atoms with Crippen LogP contribution < -0.4 is 5.32 Å². The third-order valence-electron chi connectivity index (χ3n) is 4.73. The summed E-state index contributed by atoms with van der Waals surface area (Å²) in [4.78, 5) is 24.4. The molecule has 0 atom stereocenters. The van der Waals surface area contributed by atoms with E-state index in [-0.39, 0.29) is 17.8 Å². The van der Waals surface area contributed by atoms with Gasteiger partial charge in [-0.25, -0.2) is 4.79 Å². The Hall–Kier alpha value is -1.97. The second-order valence-corrected chi connectivity index (χ2v) is 9.16. The fourth-order valence-corrected chi connectivity index (χ4v) is 4.04. The smallest absolute Gasteiger partial charge is 0.338 e. The van der Waals surface area contributed by atoms with Gasteiger partial charge in [0.05, 0.1) is 12.2 Å². The number of ether oxygens (including phenoxy) is 1. The summed E-state index contributed by atoms with van der Waals surface area (Å²) in [6, 6.07) is 6.58. The van der Waals surface area contributed by atoms with E-state index in [9.17, 15) is 18.0 Å². The molecule has 1 amide bonds. The van der Waals surface area contributed by atoms with E-state index in [1.54, 1.807) is 24.3 Å². The zero-order chi connectivity index (χ0) is 20.7. The van der Waals surface area contributed by atoms with Crippen LogP contribution >= 0.6 is 0 Å². The van der Waals surface area contributed by atoms with E-state index < -0.39 is 10.2 Å². The van der Waals surface area contributed by atoms with Gasteiger partial charge in [-0.3, -0.25) is 4.79 Å². The van der Waals surface area contributed by atoms with Gasteiger partial charge in [-0.05, 0) is 43.5 Å². The second-order valence-electron chi connectivity index (χ2n) is 7.02. The standard InChI is InChI=1S/C19H29N3O5S/c1-4-5-14-27-19(24)16-6-8-17(9-7-16)20-18(23)15-10-12-22(13-11-15)28(25,26)21(2)3/h6-9,15H,4-5,10-14H2,1-3H3,(H,20,23). The molecule has 0 bridgehead atoms. The van der Waals surface area contributed by atoms with Crippen molar-refractivity contribution < 1.29 is 22.7 Å². The first-order chi connectivity index (χ1) is 13.3. The van der Waals surface area contributed by atoms with Gasteiger partial charge >= 0.3 is 5.97 Å². The van der Waals surface area contributed by atoms with Crippen LogP contribution in [0.3, 0.4) is 0 Å². The van der Waals surface area contributed by atoms with E-state index in [4.69, 9.17) is 4.74 Å². The van der Waals surface area contributed by atoms with Gasteiger partial charge in [0.15, 0.2) is 0 Å². The van der Waals surface area contributed by atoms with Gasteiger partial charge < -0.3 is 10.1 Å². The number of rotatable bonds is 8. The molecule has 28 heavy (non-hydrogen) atoms. The predicted molar refractivity (Wildman–Crippen MR) is 107 cm³/mol. The van der Waals surface area contributed by atoms with Gasteiger partial charge in [0, 0.05) is 38.8 Å². The number of piperidine rings is 1. The molecule has 0 radical (unpaired) electrons. The summed E-state index contributed by atoms with van der Waals surface area (Å²) < 4.78 is 32.0. The normalized spacial score (nSPS) is 16.1. The van der Waals surface area contributed by atoms with Crippen molar-refractivity contribution in [2.24, 2.45) is 5.92 Å². The number of esters is 1. The number of nitrogens with one attached hydrogen (secondary N) is 1. The predicted octanol–water partition coefficient (Wildman–Crippen LogP) is 2.10. The molecule has 1 aromatic rings. The van der Waals surface area contributed by atoms with Crippen molar-refractivity contribution >= 4 is 27.8 Å². The molecular formula is C19H29N3O5S. The van der Waals surface area contributed by atoms with Crippen molar-refractivity contribution in [3.8, 4) is 0 Å². The van der Waals surface area contributed by atoms with Crippen LogP contribution in [0.2, 0.25) is 0 Å². The molecule has 1 heterocycles. The highest BCUT2D eigenvalue weighted by molar-refractivity contribution is 7.86. The lowest BCUT2D eigenvalue weighted by atomic mass is 9.97. The molecular weight excluding hydrogens is 382 g/mol. The minimum atomic E-state index is -3.44. The Morgan fingerprint density at radius 3 is 2.32 bits per heavy atom. The molecule has 9 heteroatoms. The molecule has 0 saturated carbocycles. The van der Waals surface area contributed by atoms with Crippen LogP contribution in [0.15, 0.2) is 24.3 Å².